The van der Waals surface area contributed by atoms with Gasteiger partial charge in [-0.3, -0.25) is 4.68 Å². The molecular weight excluding hydrogens is 208 g/mol. The Balaban J connectivity index is 2.13. The van der Waals surface area contributed by atoms with Crippen molar-refractivity contribution in [3.63, 3.8) is 0 Å². The second-order valence-electron chi connectivity index (χ2n) is 4.15. The Morgan fingerprint density at radius 1 is 1.60 bits per heavy atom. The molecule has 15 heavy (non-hydrogen) atoms. The van der Waals surface area contributed by atoms with Crippen LogP contribution in [0.5, 0.6) is 0 Å². The molecule has 1 heterocycles. The van der Waals surface area contributed by atoms with Crippen LogP contribution < -0.4 is 0 Å². The van der Waals surface area contributed by atoms with Crippen molar-refractivity contribution < 1.29 is 0 Å². The summed E-state index contributed by atoms with van der Waals surface area (Å²) in [7, 11) is 0. The van der Waals surface area contributed by atoms with Gasteiger partial charge < -0.3 is 0 Å². The fourth-order valence-electron chi connectivity index (χ4n) is 2.14. The number of halogens is 1. The summed E-state index contributed by atoms with van der Waals surface area (Å²) in [6, 6.07) is 2.17. The number of hydrogen-bond acceptors (Lipinski definition) is 1. The third-order valence-electron chi connectivity index (χ3n) is 2.85. The van der Waals surface area contributed by atoms with Gasteiger partial charge in [-0.25, -0.2) is 0 Å². The number of aromatic nitrogens is 2. The first kappa shape index (κ1) is 10.7. The maximum atomic E-state index is 6.05. The van der Waals surface area contributed by atoms with Crippen LogP contribution in [0, 0.1) is 6.92 Å². The van der Waals surface area contributed by atoms with E-state index in [-0.39, 0.29) is 5.38 Å². The van der Waals surface area contributed by atoms with E-state index in [0.29, 0.717) is 0 Å². The van der Waals surface area contributed by atoms with Gasteiger partial charge in [0.2, 0.25) is 0 Å². The van der Waals surface area contributed by atoms with Gasteiger partial charge >= 0.3 is 0 Å². The number of aryl methyl sites for hydroxylation is 2. The summed E-state index contributed by atoms with van der Waals surface area (Å²) < 4.78 is 2.08. The molecule has 2 nitrogen and oxygen atoms in total. The molecule has 1 atom stereocenters. The Hall–Kier alpha value is -0.760. The minimum Gasteiger partial charge on any atom is -0.269 e. The predicted octanol–water partition coefficient (Wildman–Crippen LogP) is 3.08. The van der Waals surface area contributed by atoms with Crippen LogP contribution in [-0.2, 0) is 13.0 Å². The Labute approximate surface area is 95.9 Å². The van der Waals surface area contributed by atoms with Crippen LogP contribution in [0.25, 0.3) is 0 Å². The third kappa shape index (κ3) is 2.43. The van der Waals surface area contributed by atoms with Crippen LogP contribution in [0.15, 0.2) is 17.7 Å². The second kappa shape index (κ2) is 4.40. The average Bonchev–Trinajstić information content (AvgIpc) is 2.73. The molecule has 1 unspecified atom stereocenters. The van der Waals surface area contributed by atoms with E-state index in [1.165, 1.54) is 11.3 Å². The first-order chi connectivity index (χ1) is 7.19. The molecule has 3 heteroatoms. The molecule has 1 aliphatic rings. The lowest BCUT2D eigenvalue weighted by Crippen LogP contribution is -2.03. The molecule has 0 saturated heterocycles. The third-order valence-corrected chi connectivity index (χ3v) is 3.20. The van der Waals surface area contributed by atoms with Crippen LogP contribution in [0.1, 0.15) is 31.2 Å². The number of hydrogen-bond donors (Lipinski definition) is 0. The van der Waals surface area contributed by atoms with Crippen molar-refractivity contribution in [1.29, 1.82) is 0 Å². The molecule has 1 aliphatic carbocycles. The summed E-state index contributed by atoms with van der Waals surface area (Å²) in [5, 5.41) is 4.70. The smallest absolute Gasteiger partial charge is 0.0596 e. The molecule has 0 amide bonds. The maximum Gasteiger partial charge on any atom is 0.0596 e. The molecule has 1 aromatic heterocycles. The average molecular weight is 225 g/mol. The molecule has 0 N–H and O–H groups in total. The van der Waals surface area contributed by atoms with Gasteiger partial charge in [-0.1, -0.05) is 11.6 Å². The fraction of sp³-hybridized carbons (Fsp3) is 0.583. The number of nitrogens with zero attached hydrogens (tertiary/aromatic N) is 2. The Morgan fingerprint density at radius 3 is 3.00 bits per heavy atom. The highest BCUT2D eigenvalue weighted by Gasteiger charge is 2.15. The molecule has 1 aromatic rings. The first-order valence-corrected chi connectivity index (χ1v) is 5.99. The van der Waals surface area contributed by atoms with Gasteiger partial charge in [-0.15, -0.1) is 11.6 Å². The van der Waals surface area contributed by atoms with Gasteiger partial charge in [0.15, 0.2) is 0 Å². The molecule has 0 bridgehead atoms. The van der Waals surface area contributed by atoms with Crippen molar-refractivity contribution in [3.8, 4) is 0 Å². The molecule has 0 saturated carbocycles. The van der Waals surface area contributed by atoms with Crippen LogP contribution in [0.3, 0.4) is 0 Å². The number of allylic oxidation sites excluding steroid dienone is 2. The Morgan fingerprint density at radius 2 is 2.40 bits per heavy atom. The molecule has 0 aromatic carbocycles. The minimum absolute atomic E-state index is 0.249. The quantitative estimate of drug-likeness (QED) is 0.570. The van der Waals surface area contributed by atoms with Crippen molar-refractivity contribution in [2.24, 2.45) is 0 Å². The van der Waals surface area contributed by atoms with E-state index >= 15 is 0 Å². The maximum absolute atomic E-state index is 6.05. The summed E-state index contributed by atoms with van der Waals surface area (Å²) in [6.45, 7) is 5.12. The lowest BCUT2D eigenvalue weighted by atomic mass is 10.1. The van der Waals surface area contributed by atoms with Gasteiger partial charge in [-0.2, -0.15) is 5.10 Å². The minimum atomic E-state index is 0.249. The Bertz CT molecular complexity index is 379. The monoisotopic (exact) mass is 224 g/mol. The van der Waals surface area contributed by atoms with Crippen LogP contribution in [0.2, 0.25) is 0 Å². The van der Waals surface area contributed by atoms with Gasteiger partial charge in [0, 0.05) is 18.7 Å². The van der Waals surface area contributed by atoms with Crippen LogP contribution >= 0.6 is 11.6 Å². The second-order valence-corrected chi connectivity index (χ2v) is 4.71. The zero-order chi connectivity index (χ0) is 10.8. The van der Waals surface area contributed by atoms with Gasteiger partial charge in [0.05, 0.1) is 11.1 Å². The molecule has 82 valence electrons. The Kier molecular flexibility index (Phi) is 3.15. The fourth-order valence-corrected chi connectivity index (χ4v) is 2.43. The largest absolute Gasteiger partial charge is 0.269 e. The van der Waals surface area contributed by atoms with E-state index in [9.17, 15) is 0 Å². The summed E-state index contributed by atoms with van der Waals surface area (Å²) >= 11 is 6.05. The SMILES string of the molecule is CCn1nc(C)cc1CC1=CC(Cl)CC1. The lowest BCUT2D eigenvalue weighted by molar-refractivity contribution is 0.622. The van der Waals surface area contributed by atoms with E-state index in [2.05, 4.69) is 28.8 Å². The van der Waals surface area contributed by atoms with E-state index in [1.54, 1.807) is 0 Å². The normalized spacial score (nSPS) is 20.7. The van der Waals surface area contributed by atoms with Crippen LogP contribution in [0.4, 0.5) is 0 Å². The summed E-state index contributed by atoms with van der Waals surface area (Å²) in [5.41, 5.74) is 3.88. The van der Waals surface area contributed by atoms with Crippen molar-refractivity contribution >= 4 is 11.6 Å². The molecule has 0 aliphatic heterocycles. The van der Waals surface area contributed by atoms with E-state index in [0.717, 1.165) is 31.5 Å². The summed E-state index contributed by atoms with van der Waals surface area (Å²) in [5.74, 6) is 0. The zero-order valence-corrected chi connectivity index (χ0v) is 10.1. The molecule has 0 fully saturated rings. The van der Waals surface area contributed by atoms with Crippen molar-refractivity contribution in [2.45, 2.75) is 45.0 Å². The summed E-state index contributed by atoms with van der Waals surface area (Å²) in [4.78, 5) is 0. The highest BCUT2D eigenvalue weighted by Crippen LogP contribution is 2.25. The van der Waals surface area contributed by atoms with E-state index < -0.39 is 0 Å². The zero-order valence-electron chi connectivity index (χ0n) is 9.33. The van der Waals surface area contributed by atoms with Crippen molar-refractivity contribution in [3.05, 3.63) is 29.1 Å². The molecule has 0 radical (unpaired) electrons. The number of rotatable bonds is 3. The predicted molar refractivity (Wildman–Crippen MR) is 63.3 cm³/mol. The molecule has 2 rings (SSSR count). The first-order valence-electron chi connectivity index (χ1n) is 5.56. The van der Waals surface area contributed by atoms with Crippen molar-refractivity contribution in [2.75, 3.05) is 0 Å². The van der Waals surface area contributed by atoms with Gasteiger partial charge in [0.25, 0.3) is 0 Å². The van der Waals surface area contributed by atoms with Gasteiger partial charge in [-0.05, 0) is 32.8 Å². The van der Waals surface area contributed by atoms with Gasteiger partial charge in [0.1, 0.15) is 0 Å². The van der Waals surface area contributed by atoms with E-state index in [1.807, 2.05) is 6.92 Å². The van der Waals surface area contributed by atoms with E-state index in [4.69, 9.17) is 11.6 Å². The highest BCUT2D eigenvalue weighted by molar-refractivity contribution is 6.22. The summed E-state index contributed by atoms with van der Waals surface area (Å²) in [6.07, 6.45) is 5.44. The molecular formula is C12H17ClN2. The van der Waals surface area contributed by atoms with Crippen LogP contribution in [-0.4, -0.2) is 15.2 Å². The standard InChI is InChI=1S/C12H17ClN2/c1-3-15-12(6-9(2)14-15)8-10-4-5-11(13)7-10/h6-7,11H,3-5,8H2,1-2H3. The number of alkyl halides is 1. The molecule has 0 spiro atoms. The lowest BCUT2D eigenvalue weighted by Gasteiger charge is -2.04. The highest BCUT2D eigenvalue weighted by atomic mass is 35.5. The van der Waals surface area contributed by atoms with Crippen molar-refractivity contribution in [1.82, 2.24) is 9.78 Å². The topological polar surface area (TPSA) is 17.8 Å².